The summed E-state index contributed by atoms with van der Waals surface area (Å²) < 4.78 is 7.70. The van der Waals surface area contributed by atoms with Crippen LogP contribution in [-0.4, -0.2) is 15.5 Å². The van der Waals surface area contributed by atoms with Crippen molar-refractivity contribution in [2.45, 2.75) is 13.1 Å². The molecule has 1 aromatic carbocycles. The van der Waals surface area contributed by atoms with Gasteiger partial charge in [0.15, 0.2) is 12.1 Å². The topological polar surface area (TPSA) is 81.4 Å². The molecule has 20 heavy (non-hydrogen) atoms. The predicted molar refractivity (Wildman–Crippen MR) is 76.6 cm³/mol. The van der Waals surface area contributed by atoms with Gasteiger partial charge in [0.05, 0.1) is 11.0 Å². The summed E-state index contributed by atoms with van der Waals surface area (Å²) in [5.74, 6) is 2.61. The summed E-state index contributed by atoms with van der Waals surface area (Å²) in [6.07, 6.45) is -0.327. The average Bonchev–Trinajstić information content (AvgIpc) is 3.00. The number of fused-ring (bicyclic) bond motifs is 3. The van der Waals surface area contributed by atoms with E-state index in [1.54, 1.807) is 0 Å². The predicted octanol–water partition coefficient (Wildman–Crippen LogP) is 2.22. The Balaban J connectivity index is 1.98. The molecule has 2 aromatic heterocycles. The van der Waals surface area contributed by atoms with Gasteiger partial charge in [0, 0.05) is 0 Å². The maximum absolute atomic E-state index is 5.85. The van der Waals surface area contributed by atoms with Crippen molar-refractivity contribution in [3.05, 3.63) is 47.9 Å². The highest BCUT2D eigenvalue weighted by Crippen LogP contribution is 2.32. The Bertz CT molecular complexity index is 829. The Morgan fingerprint density at radius 1 is 1.25 bits per heavy atom. The third-order valence-electron chi connectivity index (χ3n) is 3.36. The molecule has 0 radical (unpaired) electrons. The lowest BCUT2D eigenvalue weighted by molar-refractivity contribution is 0.425. The van der Waals surface area contributed by atoms with Crippen molar-refractivity contribution in [3.8, 4) is 0 Å². The quantitative estimate of drug-likeness (QED) is 0.708. The Hall–Kier alpha value is -2.76. The van der Waals surface area contributed by atoms with Gasteiger partial charge in [-0.15, -0.1) is 0 Å². The first-order valence-corrected chi connectivity index (χ1v) is 6.36. The first kappa shape index (κ1) is 11.1. The zero-order chi connectivity index (χ0) is 13.7. The fourth-order valence-electron chi connectivity index (χ4n) is 2.50. The number of rotatable bonds is 1. The number of aliphatic imine (C=N–C) groups is 1. The van der Waals surface area contributed by atoms with Crippen LogP contribution in [0, 0.1) is 6.92 Å². The molecule has 6 heteroatoms. The van der Waals surface area contributed by atoms with Gasteiger partial charge in [-0.1, -0.05) is 12.1 Å². The lowest BCUT2D eigenvalue weighted by Gasteiger charge is -2.21. The molecule has 0 aliphatic carbocycles. The zero-order valence-corrected chi connectivity index (χ0v) is 10.9. The number of aryl methyl sites for hydroxylation is 1. The minimum Gasteiger partial charge on any atom is -0.462 e. The first-order valence-electron chi connectivity index (χ1n) is 6.36. The molecule has 0 saturated carbocycles. The SMILES string of the molecule is Cc1ccc([C@H]2N=C(N)Nc3nc4ccccc4n32)o1. The Kier molecular flexibility index (Phi) is 2.14. The minimum absolute atomic E-state index is 0.327. The van der Waals surface area contributed by atoms with Crippen LogP contribution < -0.4 is 11.1 Å². The van der Waals surface area contributed by atoms with Gasteiger partial charge in [-0.3, -0.25) is 9.88 Å². The summed E-state index contributed by atoms with van der Waals surface area (Å²) in [5, 5.41) is 2.99. The number of nitrogens with one attached hydrogen (secondary N) is 1. The summed E-state index contributed by atoms with van der Waals surface area (Å²) in [5.41, 5.74) is 7.74. The van der Waals surface area contributed by atoms with E-state index in [0.717, 1.165) is 22.6 Å². The maximum Gasteiger partial charge on any atom is 0.212 e. The van der Waals surface area contributed by atoms with Crippen LogP contribution >= 0.6 is 0 Å². The number of guanidine groups is 1. The smallest absolute Gasteiger partial charge is 0.212 e. The number of hydrogen-bond acceptors (Lipinski definition) is 5. The van der Waals surface area contributed by atoms with E-state index < -0.39 is 0 Å². The van der Waals surface area contributed by atoms with E-state index in [2.05, 4.69) is 15.3 Å². The Labute approximate surface area is 114 Å². The standard InChI is InChI=1S/C14H13N5O/c1-8-6-7-11(20-8)12-17-13(15)18-14-16-9-4-2-3-5-10(9)19(12)14/h2-7,12H,1H3,(H3,15,16,17,18)/t12-/m0/s1. The van der Waals surface area contributed by atoms with Gasteiger partial charge in [0.1, 0.15) is 11.5 Å². The minimum atomic E-state index is -0.327. The number of nitrogens with two attached hydrogens (primary N) is 1. The van der Waals surface area contributed by atoms with Crippen molar-refractivity contribution >= 4 is 22.9 Å². The monoisotopic (exact) mass is 267 g/mol. The van der Waals surface area contributed by atoms with Crippen LogP contribution in [0.2, 0.25) is 0 Å². The van der Waals surface area contributed by atoms with Gasteiger partial charge in [0.25, 0.3) is 0 Å². The molecule has 1 aliphatic rings. The van der Waals surface area contributed by atoms with Crippen LogP contribution in [0.15, 0.2) is 45.8 Å². The third kappa shape index (κ3) is 1.51. The number of nitrogens with zero attached hydrogens (tertiary/aromatic N) is 3. The fraction of sp³-hybridized carbons (Fsp3) is 0.143. The normalized spacial score (nSPS) is 17.6. The summed E-state index contributed by atoms with van der Waals surface area (Å²) in [6.45, 7) is 1.91. The van der Waals surface area contributed by atoms with Crippen molar-refractivity contribution < 1.29 is 4.42 Å². The van der Waals surface area contributed by atoms with E-state index >= 15 is 0 Å². The van der Waals surface area contributed by atoms with Gasteiger partial charge >= 0.3 is 0 Å². The Morgan fingerprint density at radius 3 is 2.90 bits per heavy atom. The van der Waals surface area contributed by atoms with Crippen LogP contribution in [-0.2, 0) is 0 Å². The van der Waals surface area contributed by atoms with Crippen LogP contribution in [0.25, 0.3) is 11.0 Å². The van der Waals surface area contributed by atoms with E-state index in [1.165, 1.54) is 0 Å². The van der Waals surface area contributed by atoms with E-state index in [9.17, 15) is 0 Å². The van der Waals surface area contributed by atoms with Crippen molar-refractivity contribution in [2.24, 2.45) is 10.7 Å². The molecule has 4 rings (SSSR count). The molecule has 3 aromatic rings. The molecule has 0 unspecified atom stereocenters. The molecule has 0 bridgehead atoms. The number of imidazole rings is 1. The maximum atomic E-state index is 5.85. The van der Waals surface area contributed by atoms with Gasteiger partial charge in [-0.25, -0.2) is 9.98 Å². The molecular formula is C14H13N5O. The highest BCUT2D eigenvalue weighted by Gasteiger charge is 2.26. The molecule has 1 aliphatic heterocycles. The van der Waals surface area contributed by atoms with E-state index in [-0.39, 0.29) is 6.17 Å². The van der Waals surface area contributed by atoms with Gasteiger partial charge in [-0.2, -0.15) is 0 Å². The summed E-state index contributed by atoms with van der Waals surface area (Å²) >= 11 is 0. The van der Waals surface area contributed by atoms with E-state index in [0.29, 0.717) is 11.9 Å². The van der Waals surface area contributed by atoms with Crippen LogP contribution in [0.4, 0.5) is 5.95 Å². The van der Waals surface area contributed by atoms with Crippen molar-refractivity contribution in [1.29, 1.82) is 0 Å². The highest BCUT2D eigenvalue weighted by atomic mass is 16.3. The second-order valence-electron chi connectivity index (χ2n) is 4.76. The van der Waals surface area contributed by atoms with E-state index in [4.69, 9.17) is 10.2 Å². The molecule has 0 spiro atoms. The number of aromatic nitrogens is 2. The van der Waals surface area contributed by atoms with Crippen LogP contribution in [0.5, 0.6) is 0 Å². The molecule has 3 heterocycles. The number of anilines is 1. The Morgan fingerprint density at radius 2 is 2.10 bits per heavy atom. The number of benzene rings is 1. The van der Waals surface area contributed by atoms with Crippen molar-refractivity contribution in [1.82, 2.24) is 9.55 Å². The zero-order valence-electron chi connectivity index (χ0n) is 10.9. The highest BCUT2D eigenvalue weighted by molar-refractivity contribution is 5.94. The summed E-state index contributed by atoms with van der Waals surface area (Å²) in [7, 11) is 0. The second kappa shape index (κ2) is 3.86. The van der Waals surface area contributed by atoms with Gasteiger partial charge < -0.3 is 10.2 Å². The average molecular weight is 267 g/mol. The lowest BCUT2D eigenvalue weighted by Crippen LogP contribution is -2.31. The van der Waals surface area contributed by atoms with Crippen molar-refractivity contribution in [2.75, 3.05) is 5.32 Å². The summed E-state index contributed by atoms with van der Waals surface area (Å²) in [6, 6.07) is 11.7. The van der Waals surface area contributed by atoms with E-state index in [1.807, 2.05) is 47.9 Å². The number of hydrogen-bond donors (Lipinski definition) is 2. The molecule has 0 saturated heterocycles. The number of furan rings is 1. The van der Waals surface area contributed by atoms with Gasteiger partial charge in [0.2, 0.25) is 5.95 Å². The first-order chi connectivity index (χ1) is 9.72. The number of para-hydroxylation sites is 2. The molecule has 3 N–H and O–H groups in total. The second-order valence-corrected chi connectivity index (χ2v) is 4.76. The summed E-state index contributed by atoms with van der Waals surface area (Å²) in [4.78, 5) is 8.98. The molecular weight excluding hydrogens is 254 g/mol. The molecule has 100 valence electrons. The molecule has 6 nitrogen and oxygen atoms in total. The fourth-order valence-corrected chi connectivity index (χ4v) is 2.50. The van der Waals surface area contributed by atoms with Crippen molar-refractivity contribution in [3.63, 3.8) is 0 Å². The van der Waals surface area contributed by atoms with Gasteiger partial charge in [-0.05, 0) is 31.2 Å². The van der Waals surface area contributed by atoms with Crippen LogP contribution in [0.1, 0.15) is 17.7 Å². The van der Waals surface area contributed by atoms with Crippen LogP contribution in [0.3, 0.4) is 0 Å². The third-order valence-corrected chi connectivity index (χ3v) is 3.36. The molecule has 0 amide bonds. The molecule has 0 fully saturated rings. The molecule has 1 atom stereocenters. The largest absolute Gasteiger partial charge is 0.462 e. The lowest BCUT2D eigenvalue weighted by atomic mass is 10.3.